The highest BCUT2D eigenvalue weighted by Gasteiger charge is 2.06. The Hall–Kier alpha value is -0.870. The van der Waals surface area contributed by atoms with Crippen molar-refractivity contribution in [2.24, 2.45) is 5.92 Å². The molecule has 0 spiro atoms. The van der Waals surface area contributed by atoms with E-state index in [4.69, 9.17) is 16.3 Å². The van der Waals surface area contributed by atoms with E-state index in [9.17, 15) is 4.79 Å². The first kappa shape index (κ1) is 14.2. The van der Waals surface area contributed by atoms with Crippen LogP contribution in [0.15, 0.2) is 10.9 Å². The Morgan fingerprint density at radius 2 is 2.24 bits per heavy atom. The van der Waals surface area contributed by atoms with Crippen molar-refractivity contribution < 1.29 is 4.74 Å². The highest BCUT2D eigenvalue weighted by molar-refractivity contribution is 6.29. The van der Waals surface area contributed by atoms with Gasteiger partial charge in [0.15, 0.2) is 0 Å². The molecule has 1 heterocycles. The lowest BCUT2D eigenvalue weighted by molar-refractivity contribution is 0.102. The van der Waals surface area contributed by atoms with Crippen LogP contribution in [0.3, 0.4) is 0 Å². The fraction of sp³-hybridized carbons (Fsp3) is 0.667. The normalized spacial score (nSPS) is 11.1. The Balaban J connectivity index is 2.67. The quantitative estimate of drug-likeness (QED) is 0.580. The summed E-state index contributed by atoms with van der Waals surface area (Å²) in [6.45, 7) is 7.88. The van der Waals surface area contributed by atoms with Gasteiger partial charge in [0, 0.05) is 19.1 Å². The SMILES string of the molecule is CCc1nc(Cl)cc(=O)n1CCOCC(C)C. The van der Waals surface area contributed by atoms with Crippen LogP contribution in [0.4, 0.5) is 0 Å². The first-order valence-corrected chi connectivity index (χ1v) is 6.26. The highest BCUT2D eigenvalue weighted by atomic mass is 35.5. The second-order valence-electron chi connectivity index (χ2n) is 4.31. The summed E-state index contributed by atoms with van der Waals surface area (Å²) in [5, 5.41) is 0.256. The first-order chi connectivity index (χ1) is 8.04. The van der Waals surface area contributed by atoms with Gasteiger partial charge in [-0.05, 0) is 5.92 Å². The second kappa shape index (κ2) is 6.77. The molecule has 0 aliphatic carbocycles. The number of rotatable bonds is 6. The van der Waals surface area contributed by atoms with E-state index in [0.717, 1.165) is 0 Å². The molecule has 0 fully saturated rings. The minimum absolute atomic E-state index is 0.116. The van der Waals surface area contributed by atoms with Crippen LogP contribution in [0.5, 0.6) is 0 Å². The molecule has 0 bridgehead atoms. The van der Waals surface area contributed by atoms with E-state index in [1.807, 2.05) is 6.92 Å². The van der Waals surface area contributed by atoms with Crippen LogP contribution in [-0.2, 0) is 17.7 Å². The molecule has 0 N–H and O–H groups in total. The first-order valence-electron chi connectivity index (χ1n) is 5.88. The molecule has 96 valence electrons. The molecule has 17 heavy (non-hydrogen) atoms. The molecule has 4 nitrogen and oxygen atoms in total. The van der Waals surface area contributed by atoms with Crippen molar-refractivity contribution >= 4 is 11.6 Å². The molecule has 0 atom stereocenters. The fourth-order valence-electron chi connectivity index (χ4n) is 1.51. The molecule has 5 heteroatoms. The Morgan fingerprint density at radius 1 is 1.53 bits per heavy atom. The number of aromatic nitrogens is 2. The molecule has 1 aromatic heterocycles. The molecule has 0 aliphatic rings. The molecular formula is C12H19ClN2O2. The summed E-state index contributed by atoms with van der Waals surface area (Å²) in [5.41, 5.74) is -0.116. The third-order valence-electron chi connectivity index (χ3n) is 2.28. The van der Waals surface area contributed by atoms with Crippen LogP contribution in [0.25, 0.3) is 0 Å². The van der Waals surface area contributed by atoms with Crippen LogP contribution < -0.4 is 5.56 Å². The van der Waals surface area contributed by atoms with Crippen LogP contribution in [-0.4, -0.2) is 22.8 Å². The van der Waals surface area contributed by atoms with Crippen molar-refractivity contribution in [3.63, 3.8) is 0 Å². The predicted octanol–water partition coefficient (Wildman–Crippen LogP) is 2.13. The Morgan fingerprint density at radius 3 is 2.82 bits per heavy atom. The standard InChI is InChI=1S/C12H19ClN2O2/c1-4-11-14-10(13)7-12(16)15(11)5-6-17-8-9(2)3/h7,9H,4-6,8H2,1-3H3. The van der Waals surface area contributed by atoms with Gasteiger partial charge < -0.3 is 4.74 Å². The monoisotopic (exact) mass is 258 g/mol. The lowest BCUT2D eigenvalue weighted by Gasteiger charge is -2.11. The van der Waals surface area contributed by atoms with Crippen LogP contribution in [0.1, 0.15) is 26.6 Å². The third kappa shape index (κ3) is 4.48. The number of nitrogens with zero attached hydrogens (tertiary/aromatic N) is 2. The smallest absolute Gasteiger partial charge is 0.255 e. The van der Waals surface area contributed by atoms with Crippen molar-refractivity contribution in [2.75, 3.05) is 13.2 Å². The average molecular weight is 259 g/mol. The molecular weight excluding hydrogens is 240 g/mol. The van der Waals surface area contributed by atoms with Crippen molar-refractivity contribution in [1.82, 2.24) is 9.55 Å². The van der Waals surface area contributed by atoms with Crippen molar-refractivity contribution in [3.8, 4) is 0 Å². The zero-order valence-electron chi connectivity index (χ0n) is 10.6. The molecule has 0 saturated carbocycles. The number of halogens is 1. The van der Waals surface area contributed by atoms with Gasteiger partial charge >= 0.3 is 0 Å². The predicted molar refractivity (Wildman–Crippen MR) is 68.5 cm³/mol. The maximum Gasteiger partial charge on any atom is 0.255 e. The second-order valence-corrected chi connectivity index (χ2v) is 4.69. The topological polar surface area (TPSA) is 44.1 Å². The number of hydrogen-bond acceptors (Lipinski definition) is 3. The Bertz CT molecular complexity index is 415. The zero-order valence-corrected chi connectivity index (χ0v) is 11.3. The summed E-state index contributed by atoms with van der Waals surface area (Å²) in [7, 11) is 0. The molecule has 0 unspecified atom stereocenters. The highest BCUT2D eigenvalue weighted by Crippen LogP contribution is 2.03. The number of aryl methyl sites for hydroxylation is 1. The van der Waals surface area contributed by atoms with Gasteiger partial charge in [0.05, 0.1) is 13.2 Å². The largest absolute Gasteiger partial charge is 0.379 e. The van der Waals surface area contributed by atoms with E-state index >= 15 is 0 Å². The summed E-state index contributed by atoms with van der Waals surface area (Å²) >= 11 is 5.75. The number of hydrogen-bond donors (Lipinski definition) is 0. The maximum atomic E-state index is 11.7. The lowest BCUT2D eigenvalue weighted by atomic mass is 10.2. The van der Waals surface area contributed by atoms with Crippen LogP contribution >= 0.6 is 11.6 Å². The molecule has 1 rings (SSSR count). The summed E-state index contributed by atoms with van der Waals surface area (Å²) in [6.07, 6.45) is 0.681. The van der Waals surface area contributed by atoms with E-state index < -0.39 is 0 Å². The van der Waals surface area contributed by atoms with E-state index in [2.05, 4.69) is 18.8 Å². The summed E-state index contributed by atoms with van der Waals surface area (Å²) in [4.78, 5) is 15.9. The number of ether oxygens (including phenoxy) is 1. The molecule has 1 aromatic rings. The van der Waals surface area contributed by atoms with Gasteiger partial charge in [-0.25, -0.2) is 4.98 Å². The summed E-state index contributed by atoms with van der Waals surface area (Å²) in [5.74, 6) is 1.20. The van der Waals surface area contributed by atoms with Gasteiger partial charge in [-0.1, -0.05) is 32.4 Å². The maximum absolute atomic E-state index is 11.7. The van der Waals surface area contributed by atoms with Crippen LogP contribution in [0.2, 0.25) is 5.15 Å². The Labute approximate surface area is 107 Å². The fourth-order valence-corrected chi connectivity index (χ4v) is 1.70. The minimum Gasteiger partial charge on any atom is -0.379 e. The van der Waals surface area contributed by atoms with Crippen molar-refractivity contribution in [3.05, 3.63) is 27.4 Å². The molecule has 0 amide bonds. The molecule has 0 aliphatic heterocycles. The van der Waals surface area contributed by atoms with Gasteiger partial charge in [0.25, 0.3) is 5.56 Å². The van der Waals surface area contributed by atoms with Gasteiger partial charge in [-0.2, -0.15) is 0 Å². The van der Waals surface area contributed by atoms with Crippen molar-refractivity contribution in [2.45, 2.75) is 33.7 Å². The van der Waals surface area contributed by atoms with Crippen LogP contribution in [0, 0.1) is 5.92 Å². The van der Waals surface area contributed by atoms with E-state index in [-0.39, 0.29) is 10.7 Å². The van der Waals surface area contributed by atoms with Gasteiger partial charge in [0.1, 0.15) is 11.0 Å². The van der Waals surface area contributed by atoms with Gasteiger partial charge in [-0.3, -0.25) is 9.36 Å². The summed E-state index contributed by atoms with van der Waals surface area (Å²) < 4.78 is 7.08. The molecule has 0 radical (unpaired) electrons. The molecule has 0 saturated heterocycles. The van der Waals surface area contributed by atoms with Gasteiger partial charge in [0.2, 0.25) is 0 Å². The summed E-state index contributed by atoms with van der Waals surface area (Å²) in [6, 6.07) is 1.34. The van der Waals surface area contributed by atoms with E-state index in [1.54, 1.807) is 4.57 Å². The van der Waals surface area contributed by atoms with E-state index in [0.29, 0.717) is 37.9 Å². The minimum atomic E-state index is -0.116. The third-order valence-corrected chi connectivity index (χ3v) is 2.48. The Kier molecular flexibility index (Phi) is 5.65. The lowest BCUT2D eigenvalue weighted by Crippen LogP contribution is -2.26. The van der Waals surface area contributed by atoms with Crippen molar-refractivity contribution in [1.29, 1.82) is 0 Å². The van der Waals surface area contributed by atoms with Gasteiger partial charge in [-0.15, -0.1) is 0 Å². The molecule has 0 aromatic carbocycles. The zero-order chi connectivity index (χ0) is 12.8. The van der Waals surface area contributed by atoms with E-state index in [1.165, 1.54) is 6.07 Å². The average Bonchev–Trinajstić information content (AvgIpc) is 2.25.